The number of benzene rings is 1. The Kier molecular flexibility index (Phi) is 10.5. The standard InChI is InChI=1S/C30H39O7S2/c1-29(2,19-31)13-7-9-22-15-20(32)17-26(38(22)36)24-11-5-6-12-25(24)27-18-21(33)16-23(39(27)37)10-8-14-30(3,4)28(34)35/h5-6,11-12,15,18,31H,7-10,13-14,16-17,19H2,1-4H3,(H2-,33,34,35,36,37)/q-1/p-1. The van der Waals surface area contributed by atoms with Crippen LogP contribution in [-0.2, 0) is 14.4 Å². The van der Waals surface area contributed by atoms with Crippen LogP contribution in [0.4, 0.5) is 0 Å². The van der Waals surface area contributed by atoms with Gasteiger partial charge < -0.3 is 19.3 Å². The molecule has 0 aromatic heterocycles. The second-order valence-corrected chi connectivity index (χ2v) is 14.8. The first-order valence-electron chi connectivity index (χ1n) is 13.2. The van der Waals surface area contributed by atoms with Crippen molar-refractivity contribution in [3.05, 3.63) is 52.4 Å². The van der Waals surface area contributed by atoms with Crippen LogP contribution < -0.4 is 0 Å². The average Bonchev–Trinajstić information content (AvgIpc) is 2.87. The lowest BCUT2D eigenvalue weighted by Gasteiger charge is -2.32. The summed E-state index contributed by atoms with van der Waals surface area (Å²) < 4.78 is 27.2. The highest BCUT2D eigenvalue weighted by Crippen LogP contribution is 2.42. The number of rotatable bonds is 12. The minimum absolute atomic E-state index is 0.0238. The fraction of sp³-hybridized carbons (Fsp3) is 0.500. The Labute approximate surface area is 235 Å². The van der Waals surface area contributed by atoms with E-state index < -0.39 is 32.9 Å². The van der Waals surface area contributed by atoms with Gasteiger partial charge in [0.2, 0.25) is 0 Å². The summed E-state index contributed by atoms with van der Waals surface area (Å²) in [4.78, 5) is 38.6. The Morgan fingerprint density at radius 1 is 0.897 bits per heavy atom. The van der Waals surface area contributed by atoms with E-state index in [1.54, 1.807) is 38.1 Å². The van der Waals surface area contributed by atoms with E-state index in [1.165, 1.54) is 12.2 Å². The maximum absolute atomic E-state index is 13.6. The Hall–Kier alpha value is -2.17. The molecule has 0 radical (unpaired) electrons. The Balaban J connectivity index is 1.92. The molecular formula is C30H38O7S2-2. The molecule has 2 N–H and O–H groups in total. The minimum atomic E-state index is -1.61. The number of carbonyl (C=O) groups is 3. The Bertz CT molecular complexity index is 1280. The summed E-state index contributed by atoms with van der Waals surface area (Å²) in [5.41, 5.74) is -0.113. The van der Waals surface area contributed by atoms with E-state index in [0.717, 1.165) is 0 Å². The third-order valence-corrected chi connectivity index (χ3v) is 10.5. The fourth-order valence-electron chi connectivity index (χ4n) is 4.65. The van der Waals surface area contributed by atoms with Crippen molar-refractivity contribution in [1.29, 1.82) is 0 Å². The van der Waals surface area contributed by atoms with Gasteiger partial charge in [-0.05, 0) is 101 Å². The van der Waals surface area contributed by atoms with Gasteiger partial charge in [0.05, 0.1) is 5.41 Å². The topological polar surface area (TPSA) is 138 Å². The Morgan fingerprint density at radius 2 is 1.51 bits per heavy atom. The summed E-state index contributed by atoms with van der Waals surface area (Å²) in [6.07, 6.45) is 5.95. The van der Waals surface area contributed by atoms with Crippen molar-refractivity contribution in [2.24, 2.45) is 10.8 Å². The van der Waals surface area contributed by atoms with Gasteiger partial charge in [-0.2, -0.15) is 0 Å². The van der Waals surface area contributed by atoms with Gasteiger partial charge >= 0.3 is 5.97 Å². The number of hydrogen-bond donors (Lipinski definition) is 2. The summed E-state index contributed by atoms with van der Waals surface area (Å²) in [7, 11) is -3.17. The maximum atomic E-state index is 13.6. The molecule has 39 heavy (non-hydrogen) atoms. The quantitative estimate of drug-likeness (QED) is 0.300. The normalized spacial score (nSPS) is 20.7. The van der Waals surface area contributed by atoms with Crippen molar-refractivity contribution in [1.82, 2.24) is 0 Å². The zero-order valence-electron chi connectivity index (χ0n) is 23.1. The van der Waals surface area contributed by atoms with E-state index in [2.05, 4.69) is 0 Å². The van der Waals surface area contributed by atoms with Gasteiger partial charge in [0.25, 0.3) is 0 Å². The van der Waals surface area contributed by atoms with Gasteiger partial charge in [-0.25, -0.2) is 21.5 Å². The molecule has 2 atom stereocenters. The third kappa shape index (κ3) is 7.95. The first-order chi connectivity index (χ1) is 18.3. The third-order valence-electron chi connectivity index (χ3n) is 7.28. The number of aliphatic carboxylic acids is 1. The van der Waals surface area contributed by atoms with Crippen LogP contribution in [0.3, 0.4) is 0 Å². The lowest BCUT2D eigenvalue weighted by atomic mass is 9.87. The number of aliphatic hydroxyl groups is 1. The second-order valence-electron chi connectivity index (χ2n) is 11.7. The van der Waals surface area contributed by atoms with Gasteiger partial charge in [0.15, 0.2) is 11.6 Å². The Morgan fingerprint density at radius 3 is 2.15 bits per heavy atom. The highest BCUT2D eigenvalue weighted by atomic mass is 32.2. The van der Waals surface area contributed by atoms with Crippen LogP contribution in [0.1, 0.15) is 90.2 Å². The molecule has 1 aromatic rings. The number of aliphatic hydroxyl groups excluding tert-OH is 1. The SMILES string of the molecule is CC(C)(CO)CCCC1=CC(=O)CC(c2ccccc2C2=CC(=O)CC(CCCC(C)(C)C(=O)O)=S2[O-])=S1[O-]. The molecule has 9 heteroatoms. The molecule has 0 spiro atoms. The van der Waals surface area contributed by atoms with Crippen LogP contribution in [0.25, 0.3) is 4.91 Å². The average molecular weight is 575 g/mol. The molecule has 2 unspecified atom stereocenters. The van der Waals surface area contributed by atoms with Crippen molar-refractivity contribution >= 4 is 53.7 Å². The molecule has 0 bridgehead atoms. The number of hydrogen-bond acceptors (Lipinski definition) is 6. The molecule has 0 saturated heterocycles. The monoisotopic (exact) mass is 574 g/mol. The molecule has 3 rings (SSSR count). The summed E-state index contributed by atoms with van der Waals surface area (Å²) in [6, 6.07) is 7.01. The molecule has 7 nitrogen and oxygen atoms in total. The molecule has 0 amide bonds. The fourth-order valence-corrected chi connectivity index (χ4v) is 7.71. The van der Waals surface area contributed by atoms with Crippen LogP contribution in [0, 0.1) is 10.8 Å². The molecule has 0 saturated carbocycles. The van der Waals surface area contributed by atoms with Gasteiger partial charge in [0, 0.05) is 19.4 Å². The minimum Gasteiger partial charge on any atom is -0.799 e. The molecule has 0 fully saturated rings. The molecule has 0 aliphatic carbocycles. The van der Waals surface area contributed by atoms with Crippen LogP contribution in [0.15, 0.2) is 41.3 Å². The van der Waals surface area contributed by atoms with E-state index in [4.69, 9.17) is 0 Å². The van der Waals surface area contributed by atoms with Crippen molar-refractivity contribution in [3.8, 4) is 0 Å². The largest absolute Gasteiger partial charge is 0.799 e. The van der Waals surface area contributed by atoms with E-state index in [1.807, 2.05) is 13.8 Å². The summed E-state index contributed by atoms with van der Waals surface area (Å²) in [5, 5.41) is 18.9. The smallest absolute Gasteiger partial charge is 0.309 e. The summed E-state index contributed by atoms with van der Waals surface area (Å²) in [5.74, 6) is -1.25. The predicted octanol–water partition coefficient (Wildman–Crippen LogP) is 5.82. The van der Waals surface area contributed by atoms with Crippen molar-refractivity contribution in [2.75, 3.05) is 6.61 Å². The number of allylic oxidation sites excluding steroid dienone is 3. The molecule has 1 aromatic carbocycles. The van der Waals surface area contributed by atoms with Gasteiger partial charge in [-0.1, -0.05) is 38.1 Å². The number of carboxylic acid groups (broad SMARTS) is 1. The lowest BCUT2D eigenvalue weighted by Crippen LogP contribution is -2.24. The zero-order chi connectivity index (χ0) is 29.0. The van der Waals surface area contributed by atoms with Gasteiger partial charge in [-0.3, -0.25) is 14.4 Å². The van der Waals surface area contributed by atoms with E-state index >= 15 is 0 Å². The van der Waals surface area contributed by atoms with Crippen LogP contribution in [0.5, 0.6) is 0 Å². The number of ketones is 2. The maximum Gasteiger partial charge on any atom is 0.309 e. The van der Waals surface area contributed by atoms with Crippen molar-refractivity contribution in [3.63, 3.8) is 0 Å². The highest BCUT2D eigenvalue weighted by molar-refractivity contribution is 8.19. The van der Waals surface area contributed by atoms with E-state index in [-0.39, 0.29) is 36.4 Å². The van der Waals surface area contributed by atoms with Crippen LogP contribution in [-0.4, -0.2) is 53.2 Å². The first-order valence-corrected chi connectivity index (χ1v) is 15.5. The first kappa shape index (κ1) is 31.4. The van der Waals surface area contributed by atoms with E-state index in [0.29, 0.717) is 69.2 Å². The van der Waals surface area contributed by atoms with Crippen molar-refractivity contribution in [2.45, 2.75) is 79.1 Å². The molecule has 2 heterocycles. The molecular weight excluding hydrogens is 536 g/mol. The molecule has 2 aliphatic heterocycles. The molecule has 214 valence electrons. The van der Waals surface area contributed by atoms with Crippen LogP contribution >= 0.6 is 21.5 Å². The number of carbonyl (C=O) groups excluding carboxylic acids is 2. The highest BCUT2D eigenvalue weighted by Gasteiger charge is 2.27. The second kappa shape index (κ2) is 13.0. The lowest BCUT2D eigenvalue weighted by molar-refractivity contribution is -0.147. The summed E-state index contributed by atoms with van der Waals surface area (Å²) >= 11 is 0. The van der Waals surface area contributed by atoms with Gasteiger partial charge in [0.1, 0.15) is 0 Å². The summed E-state index contributed by atoms with van der Waals surface area (Å²) in [6.45, 7) is 7.23. The number of carboxylic acids is 1. The zero-order valence-corrected chi connectivity index (χ0v) is 24.7. The molecule has 2 aliphatic rings. The van der Waals surface area contributed by atoms with Gasteiger partial charge in [-0.15, -0.1) is 0 Å². The van der Waals surface area contributed by atoms with E-state index in [9.17, 15) is 33.7 Å². The van der Waals surface area contributed by atoms with Crippen molar-refractivity contribution < 1.29 is 33.7 Å². The van der Waals surface area contributed by atoms with Crippen LogP contribution in [0.2, 0.25) is 0 Å². The predicted molar refractivity (Wildman–Crippen MR) is 158 cm³/mol.